The van der Waals surface area contributed by atoms with E-state index in [9.17, 15) is 29.4 Å². The van der Waals surface area contributed by atoms with Crippen LogP contribution in [0.1, 0.15) is 97.3 Å². The second-order valence-electron chi connectivity index (χ2n) is 18.5. The minimum Gasteiger partial charge on any atom is -0.497 e. The lowest BCUT2D eigenvalue weighted by Gasteiger charge is -2.74. The number of ether oxygens (including phenoxy) is 8. The van der Waals surface area contributed by atoms with E-state index in [0.29, 0.717) is 23.3 Å². The SMILES string of the molecule is COc1ccc(OC)c(C(=O)O[C@H]2[C@@H]3[C@]4(OC(C)=O)CO[C@@H]4C[C@H]4O[C@@H]([C@H](C)C5=C(C)[C@@H](OC(=O)[C@H](O)[C@@H](NC(=O)OC(C)(C)C)c6ccco6)C[C@]2(O)C5(C)C)[C@@]34C)c1. The van der Waals surface area contributed by atoms with Crippen molar-refractivity contribution in [2.45, 2.75) is 135 Å². The first-order valence-corrected chi connectivity index (χ1v) is 20.3. The van der Waals surface area contributed by atoms with Gasteiger partial charge in [0.25, 0.3) is 0 Å². The monoisotopic (exact) mass is 839 g/mol. The highest BCUT2D eigenvalue weighted by Crippen LogP contribution is 2.70. The average molecular weight is 840 g/mol. The smallest absolute Gasteiger partial charge is 0.408 e. The maximum Gasteiger partial charge on any atom is 0.408 e. The Morgan fingerprint density at radius 2 is 1.73 bits per heavy atom. The summed E-state index contributed by atoms with van der Waals surface area (Å²) in [5.74, 6) is -3.27. The Morgan fingerprint density at radius 1 is 1.02 bits per heavy atom. The van der Waals surface area contributed by atoms with E-state index in [1.165, 1.54) is 45.6 Å². The maximum atomic E-state index is 14.7. The molecule has 7 rings (SSSR count). The van der Waals surface area contributed by atoms with Gasteiger partial charge in [-0.15, -0.1) is 0 Å². The first-order valence-electron chi connectivity index (χ1n) is 20.3. The number of amides is 1. The number of furan rings is 1. The zero-order valence-corrected chi connectivity index (χ0v) is 36.0. The van der Waals surface area contributed by atoms with E-state index in [2.05, 4.69) is 5.32 Å². The van der Waals surface area contributed by atoms with Gasteiger partial charge in [-0.2, -0.15) is 0 Å². The molecule has 16 nitrogen and oxygen atoms in total. The van der Waals surface area contributed by atoms with Gasteiger partial charge in [0.15, 0.2) is 11.7 Å². The van der Waals surface area contributed by atoms with Gasteiger partial charge in [0.1, 0.15) is 58.4 Å². The van der Waals surface area contributed by atoms with Crippen LogP contribution in [-0.2, 0) is 38.0 Å². The zero-order chi connectivity index (χ0) is 43.9. The van der Waals surface area contributed by atoms with Crippen LogP contribution < -0.4 is 14.8 Å². The van der Waals surface area contributed by atoms with Gasteiger partial charge in [-0.1, -0.05) is 33.3 Å². The molecule has 2 saturated carbocycles. The number of carbonyl (C=O) groups is 4. The third kappa shape index (κ3) is 6.74. The van der Waals surface area contributed by atoms with Crippen LogP contribution >= 0.6 is 0 Å². The molecule has 328 valence electrons. The summed E-state index contributed by atoms with van der Waals surface area (Å²) < 4.78 is 53.8. The maximum absolute atomic E-state index is 14.7. The van der Waals surface area contributed by atoms with E-state index < -0.39 is 106 Å². The van der Waals surface area contributed by atoms with Gasteiger partial charge in [0.05, 0.1) is 45.2 Å². The summed E-state index contributed by atoms with van der Waals surface area (Å²) in [6, 6.07) is 6.27. The fraction of sp³-hybridized carbons (Fsp3) is 0.636. The van der Waals surface area contributed by atoms with Crippen LogP contribution in [0, 0.1) is 22.7 Å². The van der Waals surface area contributed by atoms with E-state index in [-0.39, 0.29) is 30.1 Å². The largest absolute Gasteiger partial charge is 0.497 e. The van der Waals surface area contributed by atoms with Gasteiger partial charge in [-0.25, -0.2) is 14.4 Å². The molecule has 1 aromatic carbocycles. The van der Waals surface area contributed by atoms with E-state index in [1.807, 2.05) is 27.7 Å². The predicted octanol–water partition coefficient (Wildman–Crippen LogP) is 4.98. The molecule has 5 aliphatic rings. The molecule has 0 spiro atoms. The number of methoxy groups -OCH3 is 2. The Balaban J connectivity index is 1.35. The summed E-state index contributed by atoms with van der Waals surface area (Å²) in [7, 11) is 2.87. The molecule has 60 heavy (non-hydrogen) atoms. The highest BCUT2D eigenvalue weighted by Gasteiger charge is 2.81. The highest BCUT2D eigenvalue weighted by molar-refractivity contribution is 5.93. The van der Waals surface area contributed by atoms with Crippen LogP contribution in [-0.4, -0.2) is 108 Å². The number of carbonyl (C=O) groups excluding carboxylic acids is 4. The van der Waals surface area contributed by atoms with Crippen molar-refractivity contribution >= 4 is 24.0 Å². The van der Waals surface area contributed by atoms with Gasteiger partial charge < -0.3 is 57.8 Å². The van der Waals surface area contributed by atoms with Gasteiger partial charge in [0.2, 0.25) is 0 Å². The quantitative estimate of drug-likeness (QED) is 0.164. The molecule has 16 heteroatoms. The Kier molecular flexibility index (Phi) is 10.9. The lowest BCUT2D eigenvalue weighted by molar-refractivity contribution is -0.413. The standard InChI is InChI=1S/C44H57NO15/c1-21-28(56-38(49)33(47)32(27-13-12-16-54-27)45-39(50)60-40(4,5)6)19-44(51)36(58-37(48)25-17-24(52-10)14-15-26(25)53-11)34-42(9)29(18-30-43(34,20-55-30)59-23(3)46)57-35(42)22(2)31(21)41(44,7)8/h12-17,22,28-30,32-36,47,51H,18-20H2,1-11H3,(H,45,50)/t22-,28+,29-,30-,32+,33-,34+,35+,36+,42-,43+,44-/m1/s1. The molecule has 3 aliphatic carbocycles. The summed E-state index contributed by atoms with van der Waals surface area (Å²) in [4.78, 5) is 54.8. The number of benzene rings is 1. The highest BCUT2D eigenvalue weighted by atomic mass is 16.6. The first-order chi connectivity index (χ1) is 28.0. The fourth-order valence-electron chi connectivity index (χ4n) is 11.0. The molecule has 0 unspecified atom stereocenters. The number of nitrogens with one attached hydrogen (secondary N) is 1. The second-order valence-corrected chi connectivity index (χ2v) is 18.5. The van der Waals surface area contributed by atoms with Crippen molar-refractivity contribution in [3.8, 4) is 11.5 Å². The summed E-state index contributed by atoms with van der Waals surface area (Å²) in [6.45, 7) is 15.8. The van der Waals surface area contributed by atoms with Crippen LogP contribution in [0.5, 0.6) is 11.5 Å². The van der Waals surface area contributed by atoms with Crippen molar-refractivity contribution < 1.29 is 71.7 Å². The average Bonchev–Trinajstić information content (AvgIpc) is 3.70. The minimum absolute atomic E-state index is 0.0193. The van der Waals surface area contributed by atoms with Gasteiger partial charge in [-0.3, -0.25) is 4.79 Å². The molecule has 2 saturated heterocycles. The third-order valence-electron chi connectivity index (χ3n) is 13.7. The molecule has 1 aromatic heterocycles. The van der Waals surface area contributed by atoms with Crippen molar-refractivity contribution in [3.05, 3.63) is 59.1 Å². The number of hydrogen-bond acceptors (Lipinski definition) is 15. The number of aliphatic hydroxyl groups excluding tert-OH is 1. The molecule has 3 N–H and O–H groups in total. The molecule has 2 aliphatic heterocycles. The van der Waals surface area contributed by atoms with E-state index in [0.717, 1.165) is 0 Å². The number of fused-ring (bicyclic) bond motifs is 4. The third-order valence-corrected chi connectivity index (χ3v) is 13.7. The van der Waals surface area contributed by atoms with Crippen LogP contribution in [0.4, 0.5) is 4.79 Å². The Labute approximate surface area is 349 Å². The summed E-state index contributed by atoms with van der Waals surface area (Å²) in [5, 5.41) is 27.9. The number of esters is 3. The number of hydrogen-bond donors (Lipinski definition) is 3. The Hall–Kier alpha value is -4.64. The van der Waals surface area contributed by atoms with Crippen LogP contribution in [0.3, 0.4) is 0 Å². The Bertz CT molecular complexity index is 2050. The molecule has 3 heterocycles. The topological polar surface area (TPSA) is 208 Å². The van der Waals surface area contributed by atoms with E-state index in [4.69, 9.17) is 42.3 Å². The molecular formula is C44H57NO15. The van der Waals surface area contributed by atoms with Gasteiger partial charge in [0, 0.05) is 36.5 Å². The van der Waals surface area contributed by atoms with Crippen molar-refractivity contribution in [2.24, 2.45) is 22.7 Å². The molecule has 4 fully saturated rings. The summed E-state index contributed by atoms with van der Waals surface area (Å²) >= 11 is 0. The molecule has 0 radical (unpaired) electrons. The van der Waals surface area contributed by atoms with Crippen molar-refractivity contribution in [3.63, 3.8) is 0 Å². The van der Waals surface area contributed by atoms with E-state index >= 15 is 0 Å². The lowest BCUT2D eigenvalue weighted by Crippen LogP contribution is -2.85. The van der Waals surface area contributed by atoms with Gasteiger partial charge in [-0.05, 0) is 63.6 Å². The van der Waals surface area contributed by atoms with E-state index in [1.54, 1.807) is 39.8 Å². The molecule has 2 aromatic rings. The van der Waals surface area contributed by atoms with Crippen molar-refractivity contribution in [1.29, 1.82) is 0 Å². The summed E-state index contributed by atoms with van der Waals surface area (Å²) in [5.41, 5.74) is -4.99. The fourth-order valence-corrected chi connectivity index (χ4v) is 11.0. The van der Waals surface area contributed by atoms with Crippen molar-refractivity contribution in [1.82, 2.24) is 5.32 Å². The zero-order valence-electron chi connectivity index (χ0n) is 36.0. The summed E-state index contributed by atoms with van der Waals surface area (Å²) in [6.07, 6.45) is -5.74. The molecule has 2 bridgehead atoms. The molecule has 12 atom stereocenters. The number of rotatable bonds is 10. The number of aliphatic hydroxyl groups is 2. The van der Waals surface area contributed by atoms with Crippen LogP contribution in [0.15, 0.2) is 52.2 Å². The van der Waals surface area contributed by atoms with Gasteiger partial charge >= 0.3 is 24.0 Å². The van der Waals surface area contributed by atoms with Crippen LogP contribution in [0.25, 0.3) is 0 Å². The first kappa shape index (κ1) is 43.4. The van der Waals surface area contributed by atoms with Crippen molar-refractivity contribution in [2.75, 3.05) is 20.8 Å². The lowest BCUT2D eigenvalue weighted by atomic mass is 9.41. The minimum atomic E-state index is -2.05. The second kappa shape index (κ2) is 15.1. The molecule has 1 amide bonds. The molecular weight excluding hydrogens is 782 g/mol. The normalized spacial score (nSPS) is 34.6. The number of alkyl carbamates (subject to hydrolysis) is 1. The predicted molar refractivity (Wildman–Crippen MR) is 210 cm³/mol. The Morgan fingerprint density at radius 3 is 2.32 bits per heavy atom. The van der Waals surface area contributed by atoms with Crippen LogP contribution in [0.2, 0.25) is 0 Å².